The Morgan fingerprint density at radius 3 is 2.50 bits per heavy atom. The highest BCUT2D eigenvalue weighted by atomic mass is 16.5. The summed E-state index contributed by atoms with van der Waals surface area (Å²) in [5, 5.41) is 8.37. The second-order valence-electron chi connectivity index (χ2n) is 6.57. The maximum atomic E-state index is 13.2. The van der Waals surface area contributed by atoms with E-state index in [9.17, 15) is 9.59 Å². The first-order valence-corrected chi connectivity index (χ1v) is 9.51. The van der Waals surface area contributed by atoms with Crippen molar-refractivity contribution in [1.29, 1.82) is 0 Å². The van der Waals surface area contributed by atoms with Crippen LogP contribution in [0.3, 0.4) is 0 Å². The molecule has 1 aliphatic heterocycles. The minimum atomic E-state index is -0.669. The molecule has 0 bridgehead atoms. The molecule has 8 nitrogen and oxygen atoms in total. The Bertz CT molecular complexity index is 986. The quantitative estimate of drug-likeness (QED) is 0.649. The minimum Gasteiger partial charge on any atom is -0.493 e. The van der Waals surface area contributed by atoms with Gasteiger partial charge in [-0.05, 0) is 43.7 Å². The first-order chi connectivity index (χ1) is 14.5. The first-order valence-electron chi connectivity index (χ1n) is 9.51. The van der Waals surface area contributed by atoms with Crippen molar-refractivity contribution in [2.75, 3.05) is 26.1 Å². The molecule has 3 amide bonds. The van der Waals surface area contributed by atoms with Crippen LogP contribution < -0.4 is 30.2 Å². The van der Waals surface area contributed by atoms with Gasteiger partial charge >= 0.3 is 6.03 Å². The zero-order chi connectivity index (χ0) is 21.7. The predicted molar refractivity (Wildman–Crippen MR) is 113 cm³/mol. The van der Waals surface area contributed by atoms with Crippen LogP contribution in [0.25, 0.3) is 0 Å². The highest BCUT2D eigenvalue weighted by Crippen LogP contribution is 2.35. The minimum absolute atomic E-state index is 0.355. The van der Waals surface area contributed by atoms with E-state index in [4.69, 9.17) is 14.2 Å². The zero-order valence-electron chi connectivity index (χ0n) is 17.4. The number of anilines is 1. The summed E-state index contributed by atoms with van der Waals surface area (Å²) in [4.78, 5) is 25.4. The summed E-state index contributed by atoms with van der Waals surface area (Å²) in [7, 11) is 3.07. The average Bonchev–Trinajstić information content (AvgIpc) is 2.74. The average molecular weight is 411 g/mol. The van der Waals surface area contributed by atoms with Gasteiger partial charge in [0.25, 0.3) is 5.91 Å². The number of carbonyl (C=O) groups excluding carboxylic acids is 2. The summed E-state index contributed by atoms with van der Waals surface area (Å²) in [5.41, 5.74) is 2.08. The number of urea groups is 1. The molecule has 0 aliphatic carbocycles. The molecule has 1 aliphatic rings. The van der Waals surface area contributed by atoms with E-state index in [0.29, 0.717) is 46.4 Å². The number of ether oxygens (including phenoxy) is 3. The van der Waals surface area contributed by atoms with E-state index >= 15 is 0 Å². The molecule has 0 radical (unpaired) electrons. The van der Waals surface area contributed by atoms with Crippen LogP contribution in [0.5, 0.6) is 17.2 Å². The molecule has 0 unspecified atom stereocenters. The number of nitrogens with one attached hydrogen (secondary N) is 3. The third-order valence-electron chi connectivity index (χ3n) is 4.69. The van der Waals surface area contributed by atoms with E-state index in [0.717, 1.165) is 0 Å². The van der Waals surface area contributed by atoms with Gasteiger partial charge in [0.2, 0.25) is 0 Å². The summed E-state index contributed by atoms with van der Waals surface area (Å²) in [5.74, 6) is 1.27. The molecule has 0 saturated carbocycles. The summed E-state index contributed by atoms with van der Waals surface area (Å²) in [6, 6.07) is 11.4. The molecule has 158 valence electrons. The maximum absolute atomic E-state index is 13.2. The summed E-state index contributed by atoms with van der Waals surface area (Å²) in [6.07, 6.45) is 0. The molecule has 3 rings (SSSR count). The van der Waals surface area contributed by atoms with Crippen molar-refractivity contribution in [2.45, 2.75) is 19.9 Å². The molecule has 1 atom stereocenters. The fourth-order valence-corrected chi connectivity index (χ4v) is 3.32. The van der Waals surface area contributed by atoms with Crippen molar-refractivity contribution in [3.8, 4) is 17.2 Å². The molecule has 0 saturated heterocycles. The lowest BCUT2D eigenvalue weighted by molar-refractivity contribution is -0.113. The summed E-state index contributed by atoms with van der Waals surface area (Å²) in [6.45, 7) is 4.04. The van der Waals surface area contributed by atoms with Crippen molar-refractivity contribution in [2.24, 2.45) is 0 Å². The van der Waals surface area contributed by atoms with E-state index in [-0.39, 0.29) is 5.91 Å². The van der Waals surface area contributed by atoms with Crippen LogP contribution in [-0.4, -0.2) is 32.8 Å². The van der Waals surface area contributed by atoms with E-state index in [2.05, 4.69) is 16.0 Å². The van der Waals surface area contributed by atoms with Crippen molar-refractivity contribution in [3.63, 3.8) is 0 Å². The van der Waals surface area contributed by atoms with E-state index in [1.54, 1.807) is 44.4 Å². The van der Waals surface area contributed by atoms with Gasteiger partial charge in [0, 0.05) is 5.70 Å². The number of hydrogen-bond donors (Lipinski definition) is 3. The van der Waals surface area contributed by atoms with E-state index < -0.39 is 12.1 Å². The Balaban J connectivity index is 1.97. The van der Waals surface area contributed by atoms with Crippen molar-refractivity contribution in [1.82, 2.24) is 10.6 Å². The fraction of sp³-hybridized carbons (Fsp3) is 0.273. The number of amides is 3. The highest BCUT2D eigenvalue weighted by Gasteiger charge is 2.32. The van der Waals surface area contributed by atoms with Crippen molar-refractivity contribution in [3.05, 3.63) is 59.3 Å². The topological polar surface area (TPSA) is 97.9 Å². The number of rotatable bonds is 7. The molecule has 0 aromatic heterocycles. The summed E-state index contributed by atoms with van der Waals surface area (Å²) < 4.78 is 16.2. The number of para-hydroxylation sites is 2. The lowest BCUT2D eigenvalue weighted by Crippen LogP contribution is -2.46. The zero-order valence-corrected chi connectivity index (χ0v) is 17.4. The first kappa shape index (κ1) is 21.0. The monoisotopic (exact) mass is 411 g/mol. The van der Waals surface area contributed by atoms with Crippen molar-refractivity contribution >= 4 is 17.6 Å². The van der Waals surface area contributed by atoms with Crippen LogP contribution in [0.2, 0.25) is 0 Å². The number of carbonyl (C=O) groups is 2. The molecule has 0 spiro atoms. The predicted octanol–water partition coefficient (Wildman–Crippen LogP) is 3.37. The van der Waals surface area contributed by atoms with Gasteiger partial charge in [-0.1, -0.05) is 18.2 Å². The molecule has 2 aromatic carbocycles. The third kappa shape index (κ3) is 4.32. The Kier molecular flexibility index (Phi) is 6.46. The summed E-state index contributed by atoms with van der Waals surface area (Å²) >= 11 is 0. The molecule has 1 heterocycles. The van der Waals surface area contributed by atoms with E-state index in [1.165, 1.54) is 7.11 Å². The smallest absolute Gasteiger partial charge is 0.319 e. The number of hydrogen-bond acceptors (Lipinski definition) is 5. The molecule has 0 fully saturated rings. The van der Waals surface area contributed by atoms with Crippen LogP contribution in [0.4, 0.5) is 10.5 Å². The van der Waals surface area contributed by atoms with Gasteiger partial charge in [-0.25, -0.2) is 4.79 Å². The fourth-order valence-electron chi connectivity index (χ4n) is 3.32. The van der Waals surface area contributed by atoms with Crippen LogP contribution in [0.1, 0.15) is 25.5 Å². The second-order valence-corrected chi connectivity index (χ2v) is 6.57. The Morgan fingerprint density at radius 2 is 1.80 bits per heavy atom. The Labute approximate surface area is 175 Å². The standard InChI is InChI=1S/C22H25N3O5/c1-5-30-16-9-7-6-8-15(16)24-21(26)19-13(2)23-22(27)25-20(19)14-10-11-17(28-3)18(12-14)29-4/h6-12,20H,5H2,1-4H3,(H,24,26)(H2,23,25,27)/t20-/m0/s1. The number of methoxy groups -OCH3 is 2. The third-order valence-corrected chi connectivity index (χ3v) is 4.69. The molecule has 3 N–H and O–H groups in total. The van der Waals surface area contributed by atoms with Gasteiger partial charge in [-0.2, -0.15) is 0 Å². The lowest BCUT2D eigenvalue weighted by Gasteiger charge is -2.29. The SMILES string of the molecule is CCOc1ccccc1NC(=O)C1=C(C)NC(=O)N[C@H]1c1ccc(OC)c(OC)c1. The van der Waals surface area contributed by atoms with Crippen molar-refractivity contribution < 1.29 is 23.8 Å². The van der Waals surface area contributed by atoms with Gasteiger partial charge in [0.05, 0.1) is 38.1 Å². The van der Waals surface area contributed by atoms with Crippen LogP contribution >= 0.6 is 0 Å². The second kappa shape index (κ2) is 9.21. The Hall–Kier alpha value is -3.68. The normalized spacial score (nSPS) is 15.7. The molecule has 8 heteroatoms. The lowest BCUT2D eigenvalue weighted by atomic mass is 9.94. The molecule has 2 aromatic rings. The highest BCUT2D eigenvalue weighted by molar-refractivity contribution is 6.07. The van der Waals surface area contributed by atoms with E-state index in [1.807, 2.05) is 19.1 Å². The van der Waals surface area contributed by atoms with Crippen LogP contribution in [-0.2, 0) is 4.79 Å². The number of allylic oxidation sites excluding steroid dienone is 1. The van der Waals surface area contributed by atoms with Gasteiger partial charge < -0.3 is 30.2 Å². The van der Waals surface area contributed by atoms with Gasteiger partial charge in [0.1, 0.15) is 5.75 Å². The van der Waals surface area contributed by atoms with Gasteiger partial charge in [-0.15, -0.1) is 0 Å². The van der Waals surface area contributed by atoms with Gasteiger partial charge in [0.15, 0.2) is 11.5 Å². The van der Waals surface area contributed by atoms with Crippen LogP contribution in [0, 0.1) is 0 Å². The van der Waals surface area contributed by atoms with Gasteiger partial charge in [-0.3, -0.25) is 4.79 Å². The number of benzene rings is 2. The molecule has 30 heavy (non-hydrogen) atoms. The largest absolute Gasteiger partial charge is 0.493 e. The molecular formula is C22H25N3O5. The Morgan fingerprint density at radius 1 is 1.07 bits per heavy atom. The maximum Gasteiger partial charge on any atom is 0.319 e. The molecular weight excluding hydrogens is 386 g/mol. The van der Waals surface area contributed by atoms with Crippen LogP contribution in [0.15, 0.2) is 53.7 Å².